The summed E-state index contributed by atoms with van der Waals surface area (Å²) >= 11 is 0. The zero-order valence-corrected chi connectivity index (χ0v) is 8.83. The van der Waals surface area contributed by atoms with Gasteiger partial charge in [0.25, 0.3) is 0 Å². The van der Waals surface area contributed by atoms with Crippen molar-refractivity contribution in [1.82, 2.24) is 0 Å². The minimum absolute atomic E-state index is 0.178. The second-order valence-electron chi connectivity index (χ2n) is 2.72. The van der Waals surface area contributed by atoms with Gasteiger partial charge in [0, 0.05) is 10.6 Å². The molecule has 1 aromatic rings. The standard InChI is InChI=1S/C9H7N3S2/c10-12-11-8-6-13-14-9(8)7-4-2-1-3-5-7/h1-6,9H. The fourth-order valence-electron chi connectivity index (χ4n) is 1.23. The molecule has 2 rings (SSSR count). The molecule has 0 aromatic heterocycles. The van der Waals surface area contributed by atoms with Crippen molar-refractivity contribution in [1.29, 1.82) is 0 Å². The molecule has 5 heteroatoms. The van der Waals surface area contributed by atoms with Crippen LogP contribution in [0, 0.1) is 0 Å². The fraction of sp³-hybridized carbons (Fsp3) is 0.111. The molecule has 70 valence electrons. The lowest BCUT2D eigenvalue weighted by atomic mass is 10.1. The third kappa shape index (κ3) is 1.90. The number of azide groups is 1. The lowest BCUT2D eigenvalue weighted by molar-refractivity contribution is 1.08. The van der Waals surface area contributed by atoms with E-state index in [2.05, 4.69) is 10.0 Å². The van der Waals surface area contributed by atoms with Gasteiger partial charge in [0.15, 0.2) is 0 Å². The monoisotopic (exact) mass is 221 g/mol. The molecule has 1 unspecified atom stereocenters. The van der Waals surface area contributed by atoms with Gasteiger partial charge < -0.3 is 0 Å². The van der Waals surface area contributed by atoms with Crippen LogP contribution in [0.25, 0.3) is 10.4 Å². The summed E-state index contributed by atoms with van der Waals surface area (Å²) in [6.07, 6.45) is 0. The second-order valence-corrected chi connectivity index (χ2v) is 4.96. The van der Waals surface area contributed by atoms with Gasteiger partial charge >= 0.3 is 0 Å². The Kier molecular flexibility index (Phi) is 3.03. The Morgan fingerprint density at radius 2 is 2.07 bits per heavy atom. The number of hydrogen-bond acceptors (Lipinski definition) is 3. The van der Waals surface area contributed by atoms with Crippen LogP contribution >= 0.6 is 21.6 Å². The summed E-state index contributed by atoms with van der Waals surface area (Å²) in [5, 5.41) is 5.76. The predicted molar refractivity (Wildman–Crippen MR) is 61.6 cm³/mol. The Bertz CT molecular complexity index is 396. The maximum absolute atomic E-state index is 8.39. The predicted octanol–water partition coefficient (Wildman–Crippen LogP) is 4.27. The second kappa shape index (κ2) is 4.46. The van der Waals surface area contributed by atoms with Crippen LogP contribution in [-0.2, 0) is 0 Å². The Balaban J connectivity index is 2.28. The van der Waals surface area contributed by atoms with Crippen LogP contribution in [-0.4, -0.2) is 0 Å². The summed E-state index contributed by atoms with van der Waals surface area (Å²) in [6.45, 7) is 0. The average Bonchev–Trinajstić information content (AvgIpc) is 2.68. The zero-order valence-electron chi connectivity index (χ0n) is 7.20. The first-order valence-electron chi connectivity index (χ1n) is 4.04. The van der Waals surface area contributed by atoms with E-state index in [1.165, 1.54) is 5.56 Å². The van der Waals surface area contributed by atoms with Gasteiger partial charge in [-0.15, -0.1) is 0 Å². The summed E-state index contributed by atoms with van der Waals surface area (Å²) in [5.74, 6) is 0. The highest BCUT2D eigenvalue weighted by Gasteiger charge is 2.21. The van der Waals surface area contributed by atoms with E-state index in [1.807, 2.05) is 35.7 Å². The Hall–Kier alpha value is -1.03. The highest BCUT2D eigenvalue weighted by Crippen LogP contribution is 2.50. The van der Waals surface area contributed by atoms with Gasteiger partial charge in [-0.1, -0.05) is 57.0 Å². The molecular weight excluding hydrogens is 214 g/mol. The molecular formula is C9H7N3S2. The maximum Gasteiger partial charge on any atom is 0.0684 e. The SMILES string of the molecule is [N-]=[N+]=NC1=CSSC1c1ccccc1. The topological polar surface area (TPSA) is 48.8 Å². The molecule has 0 spiro atoms. The van der Waals surface area contributed by atoms with E-state index >= 15 is 0 Å². The Morgan fingerprint density at radius 1 is 1.29 bits per heavy atom. The Morgan fingerprint density at radius 3 is 2.79 bits per heavy atom. The van der Waals surface area contributed by atoms with E-state index < -0.39 is 0 Å². The van der Waals surface area contributed by atoms with Crippen molar-refractivity contribution in [3.05, 3.63) is 57.4 Å². The largest absolute Gasteiger partial charge is 0.0765 e. The van der Waals surface area contributed by atoms with E-state index in [1.54, 1.807) is 21.6 Å². The molecule has 0 N–H and O–H groups in total. The van der Waals surface area contributed by atoms with Crippen LogP contribution in [0.15, 0.2) is 46.6 Å². The van der Waals surface area contributed by atoms with Crippen LogP contribution in [0.4, 0.5) is 0 Å². The van der Waals surface area contributed by atoms with Crippen molar-refractivity contribution in [2.45, 2.75) is 5.25 Å². The molecule has 1 aliphatic rings. The van der Waals surface area contributed by atoms with Crippen molar-refractivity contribution in [2.24, 2.45) is 5.11 Å². The highest BCUT2D eigenvalue weighted by atomic mass is 33.1. The smallest absolute Gasteiger partial charge is 0.0684 e. The summed E-state index contributed by atoms with van der Waals surface area (Å²) in [4.78, 5) is 2.82. The Labute approximate surface area is 89.6 Å². The van der Waals surface area contributed by atoms with Crippen molar-refractivity contribution >= 4 is 21.6 Å². The molecule has 0 amide bonds. The minimum Gasteiger partial charge on any atom is -0.0765 e. The van der Waals surface area contributed by atoms with Gasteiger partial charge in [0.2, 0.25) is 0 Å². The van der Waals surface area contributed by atoms with Crippen molar-refractivity contribution in [3.8, 4) is 0 Å². The summed E-state index contributed by atoms with van der Waals surface area (Å²) in [7, 11) is 3.32. The van der Waals surface area contributed by atoms with Crippen LogP contribution < -0.4 is 0 Å². The number of rotatable bonds is 2. The first-order chi connectivity index (χ1) is 6.92. The van der Waals surface area contributed by atoms with E-state index in [0.29, 0.717) is 0 Å². The van der Waals surface area contributed by atoms with Crippen molar-refractivity contribution in [3.63, 3.8) is 0 Å². The molecule has 0 saturated carbocycles. The summed E-state index contributed by atoms with van der Waals surface area (Å²) < 4.78 is 0. The van der Waals surface area contributed by atoms with Crippen LogP contribution in [0.5, 0.6) is 0 Å². The van der Waals surface area contributed by atoms with Crippen LogP contribution in [0.3, 0.4) is 0 Å². The first kappa shape index (κ1) is 9.52. The molecule has 0 bridgehead atoms. The van der Waals surface area contributed by atoms with Gasteiger partial charge in [-0.3, -0.25) is 0 Å². The number of nitrogens with zero attached hydrogens (tertiary/aromatic N) is 3. The summed E-state index contributed by atoms with van der Waals surface area (Å²) in [6, 6.07) is 10.1. The number of hydrogen-bond donors (Lipinski definition) is 0. The molecule has 3 nitrogen and oxygen atoms in total. The quantitative estimate of drug-likeness (QED) is 0.324. The highest BCUT2D eigenvalue weighted by molar-refractivity contribution is 8.78. The van der Waals surface area contributed by atoms with Gasteiger partial charge in [-0.2, -0.15) is 0 Å². The van der Waals surface area contributed by atoms with E-state index in [4.69, 9.17) is 5.53 Å². The number of benzene rings is 1. The van der Waals surface area contributed by atoms with E-state index in [0.717, 1.165) is 5.70 Å². The normalized spacial score (nSPS) is 20.0. The van der Waals surface area contributed by atoms with E-state index in [-0.39, 0.29) is 5.25 Å². The molecule has 0 saturated heterocycles. The maximum atomic E-state index is 8.39. The molecule has 1 aliphatic heterocycles. The fourth-order valence-corrected chi connectivity index (χ4v) is 3.67. The average molecular weight is 221 g/mol. The lowest BCUT2D eigenvalue weighted by Gasteiger charge is -2.09. The van der Waals surface area contributed by atoms with Gasteiger partial charge in [-0.25, -0.2) is 0 Å². The molecule has 0 fully saturated rings. The zero-order chi connectivity index (χ0) is 9.80. The lowest BCUT2D eigenvalue weighted by Crippen LogP contribution is -1.90. The first-order valence-corrected chi connectivity index (χ1v) is 6.31. The van der Waals surface area contributed by atoms with Gasteiger partial charge in [0.1, 0.15) is 0 Å². The van der Waals surface area contributed by atoms with E-state index in [9.17, 15) is 0 Å². The third-order valence-electron chi connectivity index (χ3n) is 1.85. The molecule has 1 atom stereocenters. The van der Waals surface area contributed by atoms with Crippen molar-refractivity contribution < 1.29 is 0 Å². The van der Waals surface area contributed by atoms with Gasteiger partial charge in [-0.05, 0) is 16.5 Å². The van der Waals surface area contributed by atoms with Crippen LogP contribution in [0.1, 0.15) is 10.8 Å². The molecule has 1 aromatic carbocycles. The molecule has 1 heterocycles. The van der Waals surface area contributed by atoms with Crippen molar-refractivity contribution in [2.75, 3.05) is 0 Å². The third-order valence-corrected chi connectivity index (χ3v) is 4.21. The van der Waals surface area contributed by atoms with Crippen LogP contribution in [0.2, 0.25) is 0 Å². The summed E-state index contributed by atoms with van der Waals surface area (Å²) in [5.41, 5.74) is 10.4. The molecule has 0 radical (unpaired) electrons. The van der Waals surface area contributed by atoms with Gasteiger partial charge in [0.05, 0.1) is 5.25 Å². The minimum atomic E-state index is 0.178. The molecule has 14 heavy (non-hydrogen) atoms. The molecule has 0 aliphatic carbocycles.